The molecular weight excluding hydrogens is 292 g/mol. The van der Waals surface area contributed by atoms with Crippen LogP contribution in [0.15, 0.2) is 0 Å². The summed E-state index contributed by atoms with van der Waals surface area (Å²) in [6, 6.07) is 0.0567. The standard InChI is InChI=1S/C14H24N2O4S/c1-20-14(5-3-6-14)8-13(17)16-7-4-11-9-15(10-12(11)16)21(2,18)19/h11-12H,3-10H2,1-2H3/t11-,12+/m0/s1. The van der Waals surface area contributed by atoms with Gasteiger partial charge in [-0.25, -0.2) is 8.42 Å². The molecule has 1 aliphatic carbocycles. The normalized spacial score (nSPS) is 32.0. The minimum Gasteiger partial charge on any atom is -0.378 e. The fourth-order valence-corrected chi connectivity index (χ4v) is 4.79. The molecule has 2 aliphatic heterocycles. The van der Waals surface area contributed by atoms with E-state index < -0.39 is 10.0 Å². The fourth-order valence-electron chi connectivity index (χ4n) is 3.90. The van der Waals surface area contributed by atoms with Crippen molar-refractivity contribution >= 4 is 15.9 Å². The van der Waals surface area contributed by atoms with Crippen molar-refractivity contribution < 1.29 is 17.9 Å². The molecule has 3 rings (SSSR count). The van der Waals surface area contributed by atoms with E-state index in [-0.39, 0.29) is 17.6 Å². The van der Waals surface area contributed by atoms with Gasteiger partial charge in [0.15, 0.2) is 0 Å². The molecule has 3 fully saturated rings. The first kappa shape index (κ1) is 15.2. The van der Waals surface area contributed by atoms with Crippen molar-refractivity contribution in [1.29, 1.82) is 0 Å². The number of hydrogen-bond donors (Lipinski definition) is 0. The number of carbonyl (C=O) groups excluding carboxylic acids is 1. The molecule has 0 unspecified atom stereocenters. The Labute approximate surface area is 126 Å². The van der Waals surface area contributed by atoms with Crippen LogP contribution < -0.4 is 0 Å². The number of fused-ring (bicyclic) bond motifs is 1. The maximum Gasteiger partial charge on any atom is 0.225 e. The lowest BCUT2D eigenvalue weighted by Gasteiger charge is -2.41. The maximum atomic E-state index is 12.6. The van der Waals surface area contributed by atoms with Crippen molar-refractivity contribution in [3.05, 3.63) is 0 Å². The first-order valence-corrected chi connectivity index (χ1v) is 9.49. The molecule has 120 valence electrons. The Kier molecular flexibility index (Phi) is 3.78. The van der Waals surface area contributed by atoms with Gasteiger partial charge in [0, 0.05) is 32.8 Å². The Bertz CT molecular complexity index is 524. The van der Waals surface area contributed by atoms with Gasteiger partial charge < -0.3 is 9.64 Å². The third kappa shape index (κ3) is 2.71. The third-order valence-corrected chi connectivity index (χ3v) is 6.71. The Balaban J connectivity index is 1.66. The summed E-state index contributed by atoms with van der Waals surface area (Å²) < 4.78 is 30.4. The summed E-state index contributed by atoms with van der Waals surface area (Å²) in [4.78, 5) is 14.5. The Morgan fingerprint density at radius 1 is 1.33 bits per heavy atom. The van der Waals surface area contributed by atoms with Gasteiger partial charge in [0.1, 0.15) is 0 Å². The molecule has 0 N–H and O–H groups in total. The monoisotopic (exact) mass is 316 g/mol. The number of ether oxygens (including phenoxy) is 1. The molecule has 2 heterocycles. The SMILES string of the molecule is COC1(CC(=O)N2CC[C@H]3CN(S(C)(=O)=O)C[C@H]32)CCC1. The maximum absolute atomic E-state index is 12.6. The molecule has 0 bridgehead atoms. The van der Waals surface area contributed by atoms with Crippen molar-refractivity contribution in [3.8, 4) is 0 Å². The largest absolute Gasteiger partial charge is 0.378 e. The van der Waals surface area contributed by atoms with Crippen LogP contribution in [0, 0.1) is 5.92 Å². The van der Waals surface area contributed by atoms with Gasteiger partial charge in [-0.2, -0.15) is 4.31 Å². The van der Waals surface area contributed by atoms with Gasteiger partial charge in [-0.3, -0.25) is 4.79 Å². The van der Waals surface area contributed by atoms with Gasteiger partial charge in [-0.15, -0.1) is 0 Å². The number of hydrogen-bond acceptors (Lipinski definition) is 4. The van der Waals surface area contributed by atoms with Crippen LogP contribution in [-0.4, -0.2) is 68.2 Å². The lowest BCUT2D eigenvalue weighted by atomic mass is 9.77. The minimum atomic E-state index is -3.16. The van der Waals surface area contributed by atoms with Crippen LogP contribution >= 0.6 is 0 Å². The second-order valence-electron chi connectivity index (χ2n) is 6.70. The number of methoxy groups -OCH3 is 1. The van der Waals surface area contributed by atoms with Crippen molar-refractivity contribution in [3.63, 3.8) is 0 Å². The highest BCUT2D eigenvalue weighted by molar-refractivity contribution is 7.88. The molecule has 0 radical (unpaired) electrons. The number of carbonyl (C=O) groups is 1. The van der Waals surface area contributed by atoms with Crippen molar-refractivity contribution in [2.75, 3.05) is 33.0 Å². The van der Waals surface area contributed by atoms with E-state index in [1.54, 1.807) is 7.11 Å². The van der Waals surface area contributed by atoms with E-state index in [0.29, 0.717) is 25.4 Å². The summed E-state index contributed by atoms with van der Waals surface area (Å²) in [5.74, 6) is 0.419. The van der Waals surface area contributed by atoms with Gasteiger partial charge in [0.25, 0.3) is 0 Å². The molecule has 6 nitrogen and oxygen atoms in total. The number of sulfonamides is 1. The van der Waals surface area contributed by atoms with Gasteiger partial charge in [0.05, 0.1) is 18.3 Å². The molecular formula is C14H24N2O4S. The number of amides is 1. The van der Waals surface area contributed by atoms with Crippen molar-refractivity contribution in [2.24, 2.45) is 5.92 Å². The Morgan fingerprint density at radius 2 is 2.05 bits per heavy atom. The Hall–Kier alpha value is -0.660. The zero-order valence-electron chi connectivity index (χ0n) is 12.7. The molecule has 0 aromatic rings. The number of rotatable bonds is 4. The molecule has 1 saturated carbocycles. The van der Waals surface area contributed by atoms with Gasteiger partial charge in [-0.1, -0.05) is 0 Å². The lowest BCUT2D eigenvalue weighted by Crippen LogP contribution is -2.47. The average Bonchev–Trinajstić information content (AvgIpc) is 2.92. The summed E-state index contributed by atoms with van der Waals surface area (Å²) >= 11 is 0. The first-order valence-electron chi connectivity index (χ1n) is 7.64. The molecule has 2 atom stereocenters. The average molecular weight is 316 g/mol. The molecule has 0 spiro atoms. The molecule has 7 heteroatoms. The van der Waals surface area contributed by atoms with E-state index >= 15 is 0 Å². The predicted octanol–water partition coefficient (Wildman–Crippen LogP) is 0.438. The third-order valence-electron chi connectivity index (χ3n) is 5.47. The highest BCUT2D eigenvalue weighted by atomic mass is 32.2. The second kappa shape index (κ2) is 5.21. The van der Waals surface area contributed by atoms with Crippen molar-refractivity contribution in [2.45, 2.75) is 43.7 Å². The van der Waals surface area contributed by atoms with E-state index in [2.05, 4.69) is 0 Å². The molecule has 3 aliphatic rings. The molecule has 0 aromatic heterocycles. The molecule has 2 saturated heterocycles. The molecule has 1 amide bonds. The summed E-state index contributed by atoms with van der Waals surface area (Å²) in [5.41, 5.74) is -0.260. The highest BCUT2D eigenvalue weighted by Gasteiger charge is 2.48. The number of likely N-dealkylation sites (tertiary alicyclic amines) is 1. The van der Waals surface area contributed by atoms with Crippen LogP contribution in [0.5, 0.6) is 0 Å². The molecule has 0 aromatic carbocycles. The first-order chi connectivity index (χ1) is 9.85. The van der Waals surface area contributed by atoms with Gasteiger partial charge >= 0.3 is 0 Å². The lowest BCUT2D eigenvalue weighted by molar-refractivity contribution is -0.144. The van der Waals surface area contributed by atoms with Crippen LogP contribution in [0.1, 0.15) is 32.1 Å². The van der Waals surface area contributed by atoms with Crippen LogP contribution in [0.2, 0.25) is 0 Å². The molecule has 21 heavy (non-hydrogen) atoms. The summed E-state index contributed by atoms with van der Waals surface area (Å²) in [5, 5.41) is 0. The van der Waals surface area contributed by atoms with E-state index in [0.717, 1.165) is 32.2 Å². The van der Waals surface area contributed by atoms with Gasteiger partial charge in [-0.05, 0) is 31.6 Å². The van der Waals surface area contributed by atoms with Crippen LogP contribution in [-0.2, 0) is 19.6 Å². The van der Waals surface area contributed by atoms with Crippen molar-refractivity contribution in [1.82, 2.24) is 9.21 Å². The van der Waals surface area contributed by atoms with E-state index in [1.165, 1.54) is 10.6 Å². The minimum absolute atomic E-state index is 0.0567. The number of nitrogens with zero attached hydrogens (tertiary/aromatic N) is 2. The Morgan fingerprint density at radius 3 is 2.57 bits per heavy atom. The smallest absolute Gasteiger partial charge is 0.225 e. The van der Waals surface area contributed by atoms with E-state index in [4.69, 9.17) is 4.74 Å². The van der Waals surface area contributed by atoms with Crippen LogP contribution in [0.4, 0.5) is 0 Å². The summed E-state index contributed by atoms with van der Waals surface area (Å²) in [7, 11) is -1.48. The van der Waals surface area contributed by atoms with Gasteiger partial charge in [0.2, 0.25) is 15.9 Å². The summed E-state index contributed by atoms with van der Waals surface area (Å²) in [6.07, 6.45) is 5.61. The summed E-state index contributed by atoms with van der Waals surface area (Å²) in [6.45, 7) is 1.77. The second-order valence-corrected chi connectivity index (χ2v) is 8.68. The highest BCUT2D eigenvalue weighted by Crippen LogP contribution is 2.40. The van der Waals surface area contributed by atoms with E-state index in [1.807, 2.05) is 4.90 Å². The zero-order chi connectivity index (χ0) is 15.3. The van der Waals surface area contributed by atoms with Crippen LogP contribution in [0.3, 0.4) is 0 Å². The van der Waals surface area contributed by atoms with E-state index in [9.17, 15) is 13.2 Å². The zero-order valence-corrected chi connectivity index (χ0v) is 13.6. The quantitative estimate of drug-likeness (QED) is 0.755. The van der Waals surface area contributed by atoms with Crippen LogP contribution in [0.25, 0.3) is 0 Å². The fraction of sp³-hybridized carbons (Fsp3) is 0.929. The predicted molar refractivity (Wildman–Crippen MR) is 78.2 cm³/mol. The topological polar surface area (TPSA) is 66.9 Å².